The van der Waals surface area contributed by atoms with Gasteiger partial charge in [0.05, 0.1) is 12.7 Å². The van der Waals surface area contributed by atoms with E-state index in [1.54, 1.807) is 0 Å². The van der Waals surface area contributed by atoms with Gasteiger partial charge in [-0.25, -0.2) is 0 Å². The molecule has 0 spiro atoms. The molecule has 2 nitrogen and oxygen atoms in total. The summed E-state index contributed by atoms with van der Waals surface area (Å²) in [5, 5.41) is 3.40. The highest BCUT2D eigenvalue weighted by molar-refractivity contribution is 5.13. The van der Waals surface area contributed by atoms with E-state index in [4.69, 9.17) is 4.74 Å². The number of rotatable bonds is 4. The van der Waals surface area contributed by atoms with Crippen molar-refractivity contribution >= 4 is 0 Å². The molecule has 2 atom stereocenters. The Morgan fingerprint density at radius 3 is 2.67 bits per heavy atom. The lowest BCUT2D eigenvalue weighted by Crippen LogP contribution is -2.46. The maximum atomic E-state index is 6.15. The molecule has 2 heteroatoms. The molecule has 0 aliphatic heterocycles. The Morgan fingerprint density at radius 1 is 1.28 bits per heavy atom. The molecular weight excluding hydrogens is 222 g/mol. The molecule has 18 heavy (non-hydrogen) atoms. The third kappa shape index (κ3) is 3.56. The first-order valence-electron chi connectivity index (χ1n) is 6.93. The van der Waals surface area contributed by atoms with Gasteiger partial charge in [-0.15, -0.1) is 0 Å². The molecule has 100 valence electrons. The molecule has 1 aliphatic rings. The van der Waals surface area contributed by atoms with Crippen LogP contribution in [0.15, 0.2) is 30.3 Å². The van der Waals surface area contributed by atoms with E-state index in [0.29, 0.717) is 17.6 Å². The van der Waals surface area contributed by atoms with Crippen molar-refractivity contribution in [1.29, 1.82) is 0 Å². The summed E-state index contributed by atoms with van der Waals surface area (Å²) in [7, 11) is 2.04. The molecule has 0 heterocycles. The number of benzene rings is 1. The molecule has 1 aromatic carbocycles. The van der Waals surface area contributed by atoms with Crippen LogP contribution < -0.4 is 5.32 Å². The topological polar surface area (TPSA) is 21.3 Å². The summed E-state index contributed by atoms with van der Waals surface area (Å²) in [6.45, 7) is 5.41. The fourth-order valence-corrected chi connectivity index (χ4v) is 2.80. The van der Waals surface area contributed by atoms with Crippen molar-refractivity contribution in [3.63, 3.8) is 0 Å². The number of hydrogen-bond donors (Lipinski definition) is 1. The molecule has 0 aromatic heterocycles. The lowest BCUT2D eigenvalue weighted by molar-refractivity contribution is -0.0354. The van der Waals surface area contributed by atoms with E-state index >= 15 is 0 Å². The Morgan fingerprint density at radius 2 is 2.00 bits per heavy atom. The van der Waals surface area contributed by atoms with Crippen LogP contribution in [0.5, 0.6) is 0 Å². The van der Waals surface area contributed by atoms with E-state index < -0.39 is 0 Å². The second-order valence-corrected chi connectivity index (χ2v) is 6.14. The summed E-state index contributed by atoms with van der Waals surface area (Å²) < 4.78 is 6.15. The second-order valence-electron chi connectivity index (χ2n) is 6.14. The molecule has 1 aliphatic carbocycles. The molecular formula is C16H25NO. The number of ether oxygens (including phenoxy) is 1. The van der Waals surface area contributed by atoms with Gasteiger partial charge in [-0.3, -0.25) is 0 Å². The largest absolute Gasteiger partial charge is 0.372 e. The molecule has 0 saturated heterocycles. The predicted octanol–water partition coefficient (Wildman–Crippen LogP) is 3.37. The fourth-order valence-electron chi connectivity index (χ4n) is 2.80. The highest BCUT2D eigenvalue weighted by Gasteiger charge is 2.34. The smallest absolute Gasteiger partial charge is 0.0737 e. The minimum absolute atomic E-state index is 0.332. The average molecular weight is 247 g/mol. The fraction of sp³-hybridized carbons (Fsp3) is 0.625. The van der Waals surface area contributed by atoms with Gasteiger partial charge < -0.3 is 10.1 Å². The van der Waals surface area contributed by atoms with Crippen LogP contribution in [0.25, 0.3) is 0 Å². The number of nitrogens with one attached hydrogen (secondary N) is 1. The molecule has 0 radical (unpaired) electrons. The summed E-state index contributed by atoms with van der Waals surface area (Å²) in [6, 6.07) is 10.9. The minimum Gasteiger partial charge on any atom is -0.372 e. The van der Waals surface area contributed by atoms with Crippen molar-refractivity contribution < 1.29 is 4.74 Å². The van der Waals surface area contributed by atoms with Crippen LogP contribution in [0.2, 0.25) is 0 Å². The van der Waals surface area contributed by atoms with Crippen molar-refractivity contribution in [2.75, 3.05) is 7.05 Å². The van der Waals surface area contributed by atoms with E-state index in [9.17, 15) is 0 Å². The van der Waals surface area contributed by atoms with Crippen molar-refractivity contribution in [3.8, 4) is 0 Å². The maximum Gasteiger partial charge on any atom is 0.0737 e. The Balaban J connectivity index is 1.93. The molecule has 2 rings (SSSR count). The number of likely N-dealkylation sites (N-methyl/N-ethyl adjacent to an activating group) is 1. The van der Waals surface area contributed by atoms with Crippen LogP contribution in [0.4, 0.5) is 0 Å². The van der Waals surface area contributed by atoms with Gasteiger partial charge in [0, 0.05) is 6.04 Å². The van der Waals surface area contributed by atoms with Gasteiger partial charge in [-0.1, -0.05) is 44.2 Å². The third-order valence-electron chi connectivity index (χ3n) is 4.01. The minimum atomic E-state index is 0.332. The summed E-state index contributed by atoms with van der Waals surface area (Å²) in [5.74, 6) is 0. The zero-order valence-corrected chi connectivity index (χ0v) is 11.8. The second kappa shape index (κ2) is 5.85. The lowest BCUT2D eigenvalue weighted by atomic mass is 9.74. The van der Waals surface area contributed by atoms with Gasteiger partial charge in [0.2, 0.25) is 0 Å². The molecule has 2 unspecified atom stereocenters. The zero-order valence-electron chi connectivity index (χ0n) is 11.8. The Kier molecular flexibility index (Phi) is 4.41. The van der Waals surface area contributed by atoms with Gasteiger partial charge in [-0.2, -0.15) is 0 Å². The van der Waals surface area contributed by atoms with Crippen LogP contribution in [-0.2, 0) is 11.3 Å². The summed E-state index contributed by atoms with van der Waals surface area (Å²) in [4.78, 5) is 0. The van der Waals surface area contributed by atoms with E-state index in [1.165, 1.54) is 18.4 Å². The highest BCUT2D eigenvalue weighted by atomic mass is 16.5. The molecule has 0 bridgehead atoms. The van der Waals surface area contributed by atoms with Crippen molar-refractivity contribution in [1.82, 2.24) is 5.32 Å². The Labute approximate surface area is 111 Å². The summed E-state index contributed by atoms with van der Waals surface area (Å²) in [6.07, 6.45) is 3.97. The van der Waals surface area contributed by atoms with Gasteiger partial charge in [0.15, 0.2) is 0 Å². The predicted molar refractivity (Wildman–Crippen MR) is 75.5 cm³/mol. The van der Waals surface area contributed by atoms with Crippen LogP contribution in [0.3, 0.4) is 0 Å². The standard InChI is InChI=1S/C16H25NO/c1-16(2)10-9-14(17-3)15(11-16)18-12-13-7-5-4-6-8-13/h4-8,14-15,17H,9-12H2,1-3H3. The lowest BCUT2D eigenvalue weighted by Gasteiger charge is -2.40. The molecule has 1 N–H and O–H groups in total. The third-order valence-corrected chi connectivity index (χ3v) is 4.01. The van der Waals surface area contributed by atoms with Crippen LogP contribution in [0.1, 0.15) is 38.7 Å². The first kappa shape index (κ1) is 13.6. The first-order valence-corrected chi connectivity index (χ1v) is 6.93. The Hall–Kier alpha value is -0.860. The molecule has 1 saturated carbocycles. The van der Waals surface area contributed by atoms with Crippen molar-refractivity contribution in [2.24, 2.45) is 5.41 Å². The SMILES string of the molecule is CNC1CCC(C)(C)CC1OCc1ccccc1. The van der Waals surface area contributed by atoms with Crippen molar-refractivity contribution in [2.45, 2.75) is 51.9 Å². The average Bonchev–Trinajstić information content (AvgIpc) is 2.37. The van der Waals surface area contributed by atoms with Crippen LogP contribution >= 0.6 is 0 Å². The van der Waals surface area contributed by atoms with Gasteiger partial charge in [0.25, 0.3) is 0 Å². The first-order chi connectivity index (χ1) is 8.61. The monoisotopic (exact) mass is 247 g/mol. The molecule has 1 fully saturated rings. The summed E-state index contributed by atoms with van der Waals surface area (Å²) in [5.41, 5.74) is 1.67. The highest BCUT2D eigenvalue weighted by Crippen LogP contribution is 2.36. The van der Waals surface area contributed by atoms with Gasteiger partial charge in [0.1, 0.15) is 0 Å². The zero-order chi connectivity index (χ0) is 13.0. The van der Waals surface area contributed by atoms with E-state index in [0.717, 1.165) is 13.0 Å². The number of hydrogen-bond acceptors (Lipinski definition) is 2. The van der Waals surface area contributed by atoms with Crippen molar-refractivity contribution in [3.05, 3.63) is 35.9 Å². The molecule has 0 amide bonds. The van der Waals surface area contributed by atoms with E-state index in [1.807, 2.05) is 13.1 Å². The van der Waals surface area contributed by atoms with E-state index in [2.05, 4.69) is 43.4 Å². The van der Waals surface area contributed by atoms with E-state index in [-0.39, 0.29) is 0 Å². The quantitative estimate of drug-likeness (QED) is 0.881. The normalized spacial score (nSPS) is 27.1. The van der Waals surface area contributed by atoms with Crippen LogP contribution in [-0.4, -0.2) is 19.2 Å². The van der Waals surface area contributed by atoms with Gasteiger partial charge in [-0.05, 0) is 37.3 Å². The van der Waals surface area contributed by atoms with Crippen LogP contribution in [0, 0.1) is 5.41 Å². The molecule has 1 aromatic rings. The Bertz CT molecular complexity index is 361. The summed E-state index contributed by atoms with van der Waals surface area (Å²) >= 11 is 0. The maximum absolute atomic E-state index is 6.15. The van der Waals surface area contributed by atoms with Gasteiger partial charge >= 0.3 is 0 Å².